The van der Waals surface area contributed by atoms with E-state index in [0.29, 0.717) is 5.92 Å². The average molecular weight is 151 g/mol. The van der Waals surface area contributed by atoms with E-state index in [1.807, 2.05) is 19.9 Å². The normalized spacial score (nSPS) is 13.9. The van der Waals surface area contributed by atoms with Gasteiger partial charge in [-0.1, -0.05) is 19.9 Å². The lowest BCUT2D eigenvalue weighted by atomic mass is 9.96. The highest BCUT2D eigenvalue weighted by molar-refractivity contribution is 5.70. The van der Waals surface area contributed by atoms with E-state index in [1.54, 1.807) is 0 Å². The Bertz CT molecular complexity index is 185. The summed E-state index contributed by atoms with van der Waals surface area (Å²) in [5, 5.41) is 6.91. The lowest BCUT2D eigenvalue weighted by molar-refractivity contribution is 0.776. The predicted octanol–water partition coefficient (Wildman–Crippen LogP) is 3.18. The quantitative estimate of drug-likeness (QED) is 0.473. The maximum atomic E-state index is 6.91. The molecule has 0 unspecified atom stereocenters. The number of hydrogen-bond donors (Lipinski definition) is 1. The van der Waals surface area contributed by atoms with Crippen LogP contribution in [-0.2, 0) is 0 Å². The first kappa shape index (κ1) is 10.2. The van der Waals surface area contributed by atoms with E-state index in [-0.39, 0.29) is 0 Å². The van der Waals surface area contributed by atoms with Crippen molar-refractivity contribution in [2.24, 2.45) is 5.92 Å². The van der Waals surface area contributed by atoms with Crippen LogP contribution >= 0.6 is 0 Å². The van der Waals surface area contributed by atoms with Crippen LogP contribution in [0.5, 0.6) is 0 Å². The van der Waals surface area contributed by atoms with E-state index in [1.165, 1.54) is 17.4 Å². The van der Waals surface area contributed by atoms with Gasteiger partial charge in [0, 0.05) is 6.21 Å². The molecule has 0 aromatic heterocycles. The Morgan fingerprint density at radius 1 is 1.36 bits per heavy atom. The van der Waals surface area contributed by atoms with Gasteiger partial charge in [0.1, 0.15) is 0 Å². The van der Waals surface area contributed by atoms with Gasteiger partial charge < -0.3 is 5.41 Å². The molecule has 1 heteroatoms. The van der Waals surface area contributed by atoms with Crippen molar-refractivity contribution in [3.63, 3.8) is 0 Å². The lowest BCUT2D eigenvalue weighted by Crippen LogP contribution is -1.95. The largest absolute Gasteiger partial charge is 0.309 e. The molecule has 0 aliphatic carbocycles. The standard InChI is InChI=1S/C10H17N/c1-5-10(8(2)3)9(4)6-7-11/h5-8,11H,1-4H3/b9-6-,10-5-,11-7?. The molecule has 0 fully saturated rings. The van der Waals surface area contributed by atoms with Gasteiger partial charge in [0.05, 0.1) is 0 Å². The fourth-order valence-corrected chi connectivity index (χ4v) is 1.24. The molecule has 1 nitrogen and oxygen atoms in total. The van der Waals surface area contributed by atoms with Crippen molar-refractivity contribution in [3.8, 4) is 0 Å². The molecule has 11 heavy (non-hydrogen) atoms. The second kappa shape index (κ2) is 4.89. The highest BCUT2D eigenvalue weighted by Crippen LogP contribution is 2.17. The molecule has 0 saturated carbocycles. The highest BCUT2D eigenvalue weighted by Gasteiger charge is 2.02. The Kier molecular flexibility index (Phi) is 4.51. The Hall–Kier alpha value is -0.850. The maximum Gasteiger partial charge on any atom is 0.0180 e. The SMILES string of the molecule is C/C=C(\C(C)=C/C=N)C(C)C. The minimum Gasteiger partial charge on any atom is -0.309 e. The minimum absolute atomic E-state index is 0.552. The third-order valence-corrected chi connectivity index (χ3v) is 1.72. The topological polar surface area (TPSA) is 23.9 Å². The third-order valence-electron chi connectivity index (χ3n) is 1.72. The molecule has 0 aromatic carbocycles. The predicted molar refractivity (Wildman–Crippen MR) is 51.1 cm³/mol. The summed E-state index contributed by atoms with van der Waals surface area (Å²) in [6.45, 7) is 8.41. The molecule has 0 heterocycles. The Morgan fingerprint density at radius 3 is 2.18 bits per heavy atom. The van der Waals surface area contributed by atoms with E-state index in [9.17, 15) is 0 Å². The fourth-order valence-electron chi connectivity index (χ4n) is 1.24. The van der Waals surface area contributed by atoms with Gasteiger partial charge >= 0.3 is 0 Å². The molecule has 0 radical (unpaired) electrons. The van der Waals surface area contributed by atoms with Gasteiger partial charge in [-0.15, -0.1) is 0 Å². The fraction of sp³-hybridized carbons (Fsp3) is 0.500. The zero-order chi connectivity index (χ0) is 8.85. The molecular formula is C10H17N. The number of allylic oxidation sites excluding steroid dienone is 4. The van der Waals surface area contributed by atoms with Crippen LogP contribution in [0.4, 0.5) is 0 Å². The first-order valence-electron chi connectivity index (χ1n) is 3.97. The number of rotatable bonds is 3. The van der Waals surface area contributed by atoms with Crippen LogP contribution in [0.25, 0.3) is 0 Å². The summed E-state index contributed by atoms with van der Waals surface area (Å²) in [6, 6.07) is 0. The zero-order valence-electron chi connectivity index (χ0n) is 7.81. The summed E-state index contributed by atoms with van der Waals surface area (Å²) >= 11 is 0. The minimum atomic E-state index is 0.552. The molecule has 0 atom stereocenters. The van der Waals surface area contributed by atoms with Gasteiger partial charge in [-0.25, -0.2) is 0 Å². The van der Waals surface area contributed by atoms with Crippen molar-refractivity contribution in [3.05, 3.63) is 23.3 Å². The Labute approximate surface area is 69.3 Å². The van der Waals surface area contributed by atoms with Crippen molar-refractivity contribution >= 4 is 6.21 Å². The molecule has 0 amide bonds. The molecule has 1 N–H and O–H groups in total. The smallest absolute Gasteiger partial charge is 0.0180 e. The van der Waals surface area contributed by atoms with Crippen molar-refractivity contribution in [2.75, 3.05) is 0 Å². The molecule has 0 aromatic rings. The van der Waals surface area contributed by atoms with Crippen LogP contribution in [0, 0.1) is 11.3 Å². The van der Waals surface area contributed by atoms with Crippen LogP contribution in [-0.4, -0.2) is 6.21 Å². The number of nitrogens with one attached hydrogen (secondary N) is 1. The van der Waals surface area contributed by atoms with Crippen LogP contribution in [0.3, 0.4) is 0 Å². The molecule has 0 spiro atoms. The van der Waals surface area contributed by atoms with Gasteiger partial charge in [0.15, 0.2) is 0 Å². The van der Waals surface area contributed by atoms with Gasteiger partial charge in [0.2, 0.25) is 0 Å². The Morgan fingerprint density at radius 2 is 1.91 bits per heavy atom. The van der Waals surface area contributed by atoms with Gasteiger partial charge in [-0.2, -0.15) is 0 Å². The first-order chi connectivity index (χ1) is 5.13. The highest BCUT2D eigenvalue weighted by atomic mass is 14.3. The van der Waals surface area contributed by atoms with Crippen molar-refractivity contribution in [1.82, 2.24) is 0 Å². The summed E-state index contributed by atoms with van der Waals surface area (Å²) in [4.78, 5) is 0. The van der Waals surface area contributed by atoms with E-state index in [0.717, 1.165) is 0 Å². The zero-order valence-corrected chi connectivity index (χ0v) is 7.81. The van der Waals surface area contributed by atoms with Crippen molar-refractivity contribution in [1.29, 1.82) is 5.41 Å². The molecule has 0 rings (SSSR count). The van der Waals surface area contributed by atoms with Gasteiger partial charge in [-0.05, 0) is 37.0 Å². The summed E-state index contributed by atoms with van der Waals surface area (Å²) in [5.74, 6) is 0.552. The van der Waals surface area contributed by atoms with Gasteiger partial charge in [0.25, 0.3) is 0 Å². The summed E-state index contributed by atoms with van der Waals surface area (Å²) in [5.41, 5.74) is 2.52. The molecule has 0 aliphatic rings. The molecule has 0 bridgehead atoms. The first-order valence-corrected chi connectivity index (χ1v) is 3.97. The molecular weight excluding hydrogens is 134 g/mol. The monoisotopic (exact) mass is 151 g/mol. The Balaban J connectivity index is 4.53. The van der Waals surface area contributed by atoms with Crippen molar-refractivity contribution in [2.45, 2.75) is 27.7 Å². The van der Waals surface area contributed by atoms with E-state index < -0.39 is 0 Å². The molecule has 62 valence electrons. The van der Waals surface area contributed by atoms with E-state index in [2.05, 4.69) is 19.9 Å². The molecule has 0 saturated heterocycles. The van der Waals surface area contributed by atoms with Crippen LogP contribution in [0.2, 0.25) is 0 Å². The summed E-state index contributed by atoms with van der Waals surface area (Å²) in [6.07, 6.45) is 5.27. The van der Waals surface area contributed by atoms with Crippen LogP contribution in [0.1, 0.15) is 27.7 Å². The van der Waals surface area contributed by atoms with E-state index in [4.69, 9.17) is 5.41 Å². The second-order valence-corrected chi connectivity index (χ2v) is 2.92. The lowest BCUT2D eigenvalue weighted by Gasteiger charge is -2.10. The second-order valence-electron chi connectivity index (χ2n) is 2.92. The van der Waals surface area contributed by atoms with Crippen LogP contribution < -0.4 is 0 Å². The average Bonchev–Trinajstić information content (AvgIpc) is 1.88. The molecule has 0 aliphatic heterocycles. The maximum absolute atomic E-state index is 6.91. The van der Waals surface area contributed by atoms with Gasteiger partial charge in [-0.3, -0.25) is 0 Å². The summed E-state index contributed by atoms with van der Waals surface area (Å²) in [7, 11) is 0. The van der Waals surface area contributed by atoms with Crippen LogP contribution in [0.15, 0.2) is 23.3 Å². The third kappa shape index (κ3) is 3.17. The number of hydrogen-bond acceptors (Lipinski definition) is 1. The van der Waals surface area contributed by atoms with E-state index >= 15 is 0 Å². The van der Waals surface area contributed by atoms with Crippen molar-refractivity contribution < 1.29 is 0 Å². The summed E-state index contributed by atoms with van der Waals surface area (Å²) < 4.78 is 0.